The van der Waals surface area contributed by atoms with Crippen molar-refractivity contribution in [3.63, 3.8) is 0 Å². The number of methoxy groups -OCH3 is 1. The molecule has 2 aliphatic rings. The number of nitrogens with zero attached hydrogens (tertiary/aromatic N) is 4. The Morgan fingerprint density at radius 2 is 1.64 bits per heavy atom. The minimum Gasteiger partial charge on any atom is -0.457 e. The van der Waals surface area contributed by atoms with Crippen LogP contribution in [0.25, 0.3) is 11.3 Å². The number of hydrogen-bond acceptors (Lipinski definition) is 9. The largest absolute Gasteiger partial charge is 0.457 e. The summed E-state index contributed by atoms with van der Waals surface area (Å²) in [6.45, 7) is 9.32. The Hall–Kier alpha value is -5.28. The molecule has 2 aliphatic heterocycles. The van der Waals surface area contributed by atoms with Gasteiger partial charge in [-0.05, 0) is 119 Å². The maximum absolute atomic E-state index is 15.0. The molecule has 67 heavy (non-hydrogen) atoms. The molecule has 3 amide bonds. The topological polar surface area (TPSA) is 150 Å². The summed E-state index contributed by atoms with van der Waals surface area (Å²) in [5, 5.41) is 23.2. The molecule has 5 aromatic rings. The molecule has 7 rings (SSSR count). The lowest BCUT2D eigenvalue weighted by Crippen LogP contribution is -2.65. The smallest absolute Gasteiger partial charge is 0.245 e. The van der Waals surface area contributed by atoms with Gasteiger partial charge in [0.05, 0.1) is 36.6 Å². The predicted octanol–water partition coefficient (Wildman–Crippen LogP) is 7.70. The van der Waals surface area contributed by atoms with E-state index >= 15 is 0 Å². The lowest BCUT2D eigenvalue weighted by atomic mass is 9.81. The summed E-state index contributed by atoms with van der Waals surface area (Å²) in [6, 6.07) is 28.1. The number of nitrogens with one attached hydrogen (secondary N) is 3. The first-order valence-corrected chi connectivity index (χ1v) is 23.7. The number of imidazole rings is 1. The van der Waals surface area contributed by atoms with E-state index in [2.05, 4.69) is 46.3 Å². The predicted molar refractivity (Wildman–Crippen MR) is 262 cm³/mol. The van der Waals surface area contributed by atoms with Gasteiger partial charge in [0.2, 0.25) is 17.7 Å². The van der Waals surface area contributed by atoms with Crippen LogP contribution in [0.5, 0.6) is 11.5 Å². The van der Waals surface area contributed by atoms with Crippen LogP contribution in [-0.4, -0.2) is 98.4 Å². The number of halogens is 2. The first kappa shape index (κ1) is 49.6. The summed E-state index contributed by atoms with van der Waals surface area (Å²) in [6.07, 6.45) is 2.61. The molecular formula is C52H63Cl2N7O6. The number of rotatable bonds is 13. The number of aliphatic hydroxyl groups is 1. The molecule has 0 radical (unpaired) electrons. The molecule has 3 heterocycles. The normalized spacial score (nSPS) is 22.2. The number of piperidine rings is 1. The summed E-state index contributed by atoms with van der Waals surface area (Å²) in [4.78, 5) is 52.0. The van der Waals surface area contributed by atoms with Gasteiger partial charge in [-0.15, -0.1) is 0 Å². The van der Waals surface area contributed by atoms with E-state index in [1.165, 1.54) is 7.11 Å². The summed E-state index contributed by atoms with van der Waals surface area (Å²) in [5.74, 6) is 0.140. The zero-order valence-electron chi connectivity index (χ0n) is 39.2. The molecule has 2 bridgehead atoms. The molecule has 0 spiro atoms. The fraction of sp³-hybridized carbons (Fsp3) is 0.423. The zero-order chi connectivity index (χ0) is 47.9. The summed E-state index contributed by atoms with van der Waals surface area (Å²) in [7, 11) is 3.47. The average Bonchev–Trinajstić information content (AvgIpc) is 3.67. The van der Waals surface area contributed by atoms with Crippen LogP contribution in [0.4, 0.5) is 0 Å². The number of carbonyl (C=O) groups is 3. The number of benzene rings is 4. The first-order chi connectivity index (χ1) is 32.0. The summed E-state index contributed by atoms with van der Waals surface area (Å²) in [5.41, 5.74) is 3.52. The van der Waals surface area contributed by atoms with Gasteiger partial charge in [0.15, 0.2) is 0 Å². The summed E-state index contributed by atoms with van der Waals surface area (Å²) >= 11 is 12.8. The second kappa shape index (κ2) is 21.8. The number of amides is 3. The van der Waals surface area contributed by atoms with Crippen molar-refractivity contribution >= 4 is 40.9 Å². The highest BCUT2D eigenvalue weighted by atomic mass is 35.5. The standard InChI is InChI=1S/C52H63Cl2N7O6/c1-34-48(63)57-43(32-66-6)49(64)58-52(28-36-13-18-40(53)19-14-36)23-10-24-60(33-52)50(65)39(25-35-11-8-7-9-12-35)26-47(62)61(34)31-38-15-20-41(54)27-45(38)67-42-21-16-37(17-22-42)44-29-55-46(59(44)5)30-56-51(2,3)4/h7-9,11-22,27,29,34,39,43,47,56,62H,10,23-26,28,30-33H2,1-6H3,(H,57,63)(H,58,64)/t34-,39+,43-,47?,52+/m0/s1. The maximum Gasteiger partial charge on any atom is 0.245 e. The Labute approximate surface area is 404 Å². The number of aliphatic hydroxyl groups excluding tert-OH is 1. The maximum atomic E-state index is 15.0. The van der Waals surface area contributed by atoms with E-state index in [4.69, 9.17) is 32.7 Å². The monoisotopic (exact) mass is 951 g/mol. The van der Waals surface area contributed by atoms with E-state index in [0.717, 1.165) is 28.2 Å². The zero-order valence-corrected chi connectivity index (χ0v) is 40.7. The molecule has 4 N–H and O–H groups in total. The van der Waals surface area contributed by atoms with Crippen molar-refractivity contribution in [3.8, 4) is 22.8 Å². The number of ether oxygens (including phenoxy) is 2. The lowest BCUT2D eigenvalue weighted by Gasteiger charge is -2.45. The van der Waals surface area contributed by atoms with Crippen LogP contribution in [0.1, 0.15) is 69.5 Å². The summed E-state index contributed by atoms with van der Waals surface area (Å²) < 4.78 is 14.1. The van der Waals surface area contributed by atoms with Crippen molar-refractivity contribution in [2.24, 2.45) is 13.0 Å². The third kappa shape index (κ3) is 12.8. The van der Waals surface area contributed by atoms with Crippen LogP contribution in [0.15, 0.2) is 103 Å². The van der Waals surface area contributed by atoms with E-state index in [-0.39, 0.29) is 37.6 Å². The van der Waals surface area contributed by atoms with E-state index in [1.54, 1.807) is 30.0 Å². The lowest BCUT2D eigenvalue weighted by molar-refractivity contribution is -0.145. The molecule has 356 valence electrons. The minimum absolute atomic E-state index is 0.0210. The quantitative estimate of drug-likeness (QED) is 0.0932. The molecule has 13 nitrogen and oxygen atoms in total. The first-order valence-electron chi connectivity index (χ1n) is 22.9. The van der Waals surface area contributed by atoms with Crippen LogP contribution in [-0.2, 0) is 52.1 Å². The van der Waals surface area contributed by atoms with Crippen LogP contribution in [0, 0.1) is 5.92 Å². The molecular weight excluding hydrogens is 890 g/mol. The van der Waals surface area contributed by atoms with Gasteiger partial charge in [0.25, 0.3) is 0 Å². The van der Waals surface area contributed by atoms with E-state index in [1.807, 2.05) is 97.0 Å². The average molecular weight is 953 g/mol. The Bertz CT molecular complexity index is 2480. The van der Waals surface area contributed by atoms with Gasteiger partial charge in [-0.1, -0.05) is 71.7 Å². The fourth-order valence-corrected chi connectivity index (χ4v) is 9.35. The molecule has 0 aliphatic carbocycles. The minimum atomic E-state index is -1.29. The SMILES string of the molecule is COC[C@@H]1NC(=O)[C@H](C)N(Cc2ccc(Cl)cc2Oc2ccc(-c3cnc(CNC(C)(C)C)n3C)cc2)C(O)C[C@@H](Cc2ccccc2)C(=O)N2CCC[C@@](Cc3ccc(Cl)cc3)(C2)NC1=O. The molecule has 4 aromatic carbocycles. The number of aromatic nitrogens is 2. The number of fused-ring (bicyclic) bond motifs is 2. The van der Waals surface area contributed by atoms with Crippen molar-refractivity contribution in [2.45, 2.75) is 102 Å². The van der Waals surface area contributed by atoms with Crippen molar-refractivity contribution in [2.75, 3.05) is 26.8 Å². The highest BCUT2D eigenvalue weighted by molar-refractivity contribution is 6.31. The van der Waals surface area contributed by atoms with Gasteiger partial charge in [0, 0.05) is 66.4 Å². The molecule has 0 saturated carbocycles. The molecule has 1 aromatic heterocycles. The highest BCUT2D eigenvalue weighted by Gasteiger charge is 2.43. The molecule has 5 atom stereocenters. The van der Waals surface area contributed by atoms with Crippen molar-refractivity contribution in [1.29, 1.82) is 0 Å². The van der Waals surface area contributed by atoms with Crippen LogP contribution >= 0.6 is 23.2 Å². The van der Waals surface area contributed by atoms with Crippen molar-refractivity contribution in [1.82, 2.24) is 35.3 Å². The third-order valence-corrected chi connectivity index (χ3v) is 13.2. The van der Waals surface area contributed by atoms with E-state index < -0.39 is 41.6 Å². The van der Waals surface area contributed by atoms with Crippen LogP contribution < -0.4 is 20.7 Å². The fourth-order valence-electron chi connectivity index (χ4n) is 9.06. The van der Waals surface area contributed by atoms with Gasteiger partial charge in [0.1, 0.15) is 29.6 Å². The Morgan fingerprint density at radius 1 is 0.925 bits per heavy atom. The van der Waals surface area contributed by atoms with Crippen LogP contribution in [0.2, 0.25) is 10.0 Å². The van der Waals surface area contributed by atoms with Crippen LogP contribution in [0.3, 0.4) is 0 Å². The molecule has 2 fully saturated rings. The molecule has 15 heteroatoms. The van der Waals surface area contributed by atoms with Gasteiger partial charge in [-0.3, -0.25) is 19.3 Å². The van der Waals surface area contributed by atoms with E-state index in [0.29, 0.717) is 65.9 Å². The highest BCUT2D eigenvalue weighted by Crippen LogP contribution is 2.34. The second-order valence-electron chi connectivity index (χ2n) is 19.0. The Morgan fingerprint density at radius 3 is 2.34 bits per heavy atom. The number of carbonyl (C=O) groups excluding carboxylic acids is 3. The Balaban J connectivity index is 1.20. The van der Waals surface area contributed by atoms with Gasteiger partial charge < -0.3 is 40.0 Å². The molecule has 1 unspecified atom stereocenters. The van der Waals surface area contributed by atoms with Gasteiger partial charge in [-0.2, -0.15) is 0 Å². The van der Waals surface area contributed by atoms with E-state index in [9.17, 15) is 19.5 Å². The van der Waals surface area contributed by atoms with Gasteiger partial charge >= 0.3 is 0 Å². The molecule has 2 saturated heterocycles. The second-order valence-corrected chi connectivity index (χ2v) is 19.9. The third-order valence-electron chi connectivity index (χ3n) is 12.7. The van der Waals surface area contributed by atoms with Crippen molar-refractivity contribution in [3.05, 3.63) is 136 Å². The van der Waals surface area contributed by atoms with Crippen molar-refractivity contribution < 1.29 is 29.0 Å². The Kier molecular flexibility index (Phi) is 16.1. The number of hydrogen-bond donors (Lipinski definition) is 4. The van der Waals surface area contributed by atoms with Gasteiger partial charge in [-0.25, -0.2) is 4.98 Å².